The van der Waals surface area contributed by atoms with Crippen LogP contribution in [-0.2, 0) is 10.8 Å². The predicted molar refractivity (Wildman–Crippen MR) is 498 cm³/mol. The molecule has 0 atom stereocenters. The van der Waals surface area contributed by atoms with E-state index >= 15 is 0 Å². The highest BCUT2D eigenvalue weighted by Crippen LogP contribution is 2.48. The first-order valence-electron chi connectivity index (χ1n) is 40.6. The van der Waals surface area contributed by atoms with Crippen LogP contribution in [0.4, 0.5) is 0 Å². The Bertz CT molecular complexity index is 7160. The highest BCUT2D eigenvalue weighted by Gasteiger charge is 2.23. The lowest BCUT2D eigenvalue weighted by atomic mass is 9.83. The summed E-state index contributed by atoms with van der Waals surface area (Å²) in [6.07, 6.45) is 0. The molecular formula is C114H86N2. The maximum atomic E-state index is 2.37. The van der Waals surface area contributed by atoms with E-state index in [1.54, 1.807) is 0 Å². The summed E-state index contributed by atoms with van der Waals surface area (Å²) in [5.41, 5.74) is 32.4. The second-order valence-corrected chi connectivity index (χ2v) is 33.1. The van der Waals surface area contributed by atoms with Crippen molar-refractivity contribution in [2.45, 2.75) is 52.4 Å². The molecule has 21 rings (SSSR count). The Hall–Kier alpha value is -14.2. The maximum absolute atomic E-state index is 2.37. The number of fused-ring (bicyclic) bond motifs is 10. The average molecular weight is 1480 g/mol. The highest BCUT2D eigenvalue weighted by atomic mass is 15.0. The zero-order valence-corrected chi connectivity index (χ0v) is 66.2. The Balaban J connectivity index is 0.000000150. The summed E-state index contributed by atoms with van der Waals surface area (Å²) in [5, 5.41) is 15.2. The molecule has 21 aromatic rings. The van der Waals surface area contributed by atoms with Gasteiger partial charge in [-0.1, -0.05) is 393 Å². The number of para-hydroxylation sites is 4. The standard InChI is InChI=1S/C60H45N.C54H41N/c1-60(2,3)48-36-33-43(34-37-48)42-27-31-46(32-28-42)59-53-18-9-7-16-51(53)58(52-17-8-10-19-54(52)59)45-29-25-41(26-30-45)40-21-23-44(24-22-40)47-35-38-57-55(39-47)50-15-11-12-20-56(50)61(57)49-13-5-4-6-14-49;1-54(2,3)42-32-29-40(30-33-42)53-47-18-9-7-16-45(47)52(46-17-8-10-19-48(46)53)39-27-25-37(26-28-39)36-21-23-38(24-22-36)41-31-34-51-49(35-41)44-15-11-12-20-50(44)55(51)43-13-5-4-6-14-43/h4-39H,1-3H3;4-35H,1-3H3. The largest absolute Gasteiger partial charge is 0.309 e. The van der Waals surface area contributed by atoms with Crippen molar-refractivity contribution in [3.05, 3.63) is 424 Å². The maximum Gasteiger partial charge on any atom is 0.0541 e. The van der Waals surface area contributed by atoms with E-state index in [2.05, 4.69) is 463 Å². The molecule has 0 radical (unpaired) electrons. The second kappa shape index (κ2) is 29.1. The Labute approximate surface area is 678 Å². The van der Waals surface area contributed by atoms with Gasteiger partial charge >= 0.3 is 0 Å². The van der Waals surface area contributed by atoms with Crippen LogP contribution in [0.15, 0.2) is 413 Å². The molecule has 19 aromatic carbocycles. The zero-order valence-electron chi connectivity index (χ0n) is 66.2. The molecule has 0 saturated heterocycles. The van der Waals surface area contributed by atoms with Crippen molar-refractivity contribution in [3.63, 3.8) is 0 Å². The molecule has 116 heavy (non-hydrogen) atoms. The number of nitrogens with zero attached hydrogens (tertiary/aromatic N) is 2. The first kappa shape index (κ1) is 70.9. The Morgan fingerprint density at radius 2 is 0.328 bits per heavy atom. The third-order valence-electron chi connectivity index (χ3n) is 24.0. The molecule has 0 fully saturated rings. The van der Waals surface area contributed by atoms with Gasteiger partial charge in [0.2, 0.25) is 0 Å². The molecule has 2 heterocycles. The summed E-state index contributed by atoms with van der Waals surface area (Å²) in [6.45, 7) is 13.6. The van der Waals surface area contributed by atoms with Crippen LogP contribution in [0, 0.1) is 0 Å². The third-order valence-corrected chi connectivity index (χ3v) is 24.0. The molecule has 0 bridgehead atoms. The number of aromatic nitrogens is 2. The summed E-state index contributed by atoms with van der Waals surface area (Å²) in [4.78, 5) is 0. The predicted octanol–water partition coefficient (Wildman–Crippen LogP) is 31.8. The van der Waals surface area contributed by atoms with Gasteiger partial charge in [-0.2, -0.15) is 0 Å². The molecule has 2 aromatic heterocycles. The first-order valence-corrected chi connectivity index (χ1v) is 40.6. The molecule has 552 valence electrons. The molecule has 0 aliphatic heterocycles. The van der Waals surface area contributed by atoms with Crippen molar-refractivity contribution in [3.8, 4) is 112 Å². The van der Waals surface area contributed by atoms with E-state index in [4.69, 9.17) is 0 Å². The quantitative estimate of drug-likeness (QED) is 0.114. The van der Waals surface area contributed by atoms with Gasteiger partial charge in [0, 0.05) is 32.9 Å². The Kier molecular flexibility index (Phi) is 17.8. The van der Waals surface area contributed by atoms with E-state index in [9.17, 15) is 0 Å². The van der Waals surface area contributed by atoms with Crippen molar-refractivity contribution in [2.24, 2.45) is 0 Å². The molecular weight excluding hydrogens is 1400 g/mol. The average Bonchev–Trinajstić information content (AvgIpc) is 1.36. The minimum atomic E-state index is 0.113. The molecule has 2 nitrogen and oxygen atoms in total. The lowest BCUT2D eigenvalue weighted by molar-refractivity contribution is 0.590. The van der Waals surface area contributed by atoms with Gasteiger partial charge in [-0.05, 0) is 226 Å². The van der Waals surface area contributed by atoms with Crippen molar-refractivity contribution in [1.82, 2.24) is 9.13 Å². The summed E-state index contributed by atoms with van der Waals surface area (Å²) >= 11 is 0. The third kappa shape index (κ3) is 12.8. The number of benzene rings is 19. The van der Waals surface area contributed by atoms with E-state index in [-0.39, 0.29) is 10.8 Å². The topological polar surface area (TPSA) is 9.86 Å². The lowest BCUT2D eigenvalue weighted by Crippen LogP contribution is -2.10. The van der Waals surface area contributed by atoms with Crippen LogP contribution in [0.1, 0.15) is 52.7 Å². The molecule has 0 N–H and O–H groups in total. The molecule has 0 saturated carbocycles. The molecule has 0 amide bonds. The number of rotatable bonds is 11. The van der Waals surface area contributed by atoms with E-state index in [1.165, 1.54) is 209 Å². The van der Waals surface area contributed by atoms with Gasteiger partial charge in [-0.15, -0.1) is 0 Å². The second-order valence-electron chi connectivity index (χ2n) is 33.1. The smallest absolute Gasteiger partial charge is 0.0541 e. The van der Waals surface area contributed by atoms with Crippen molar-refractivity contribution in [1.29, 1.82) is 0 Å². The molecule has 2 heteroatoms. The normalized spacial score (nSPS) is 11.9. The number of hydrogen-bond acceptors (Lipinski definition) is 0. The van der Waals surface area contributed by atoms with Gasteiger partial charge in [0.15, 0.2) is 0 Å². The van der Waals surface area contributed by atoms with Crippen LogP contribution in [0.25, 0.3) is 198 Å². The van der Waals surface area contributed by atoms with Crippen LogP contribution in [-0.4, -0.2) is 9.13 Å². The Morgan fingerprint density at radius 3 is 0.578 bits per heavy atom. The van der Waals surface area contributed by atoms with E-state index in [0.29, 0.717) is 0 Å². The first-order chi connectivity index (χ1) is 56.8. The van der Waals surface area contributed by atoms with Gasteiger partial charge in [-0.25, -0.2) is 0 Å². The van der Waals surface area contributed by atoms with Crippen LogP contribution in [0.2, 0.25) is 0 Å². The van der Waals surface area contributed by atoms with Crippen molar-refractivity contribution < 1.29 is 0 Å². The molecule has 0 unspecified atom stereocenters. The van der Waals surface area contributed by atoms with E-state index in [1.807, 2.05) is 0 Å². The minimum Gasteiger partial charge on any atom is -0.309 e. The SMILES string of the molecule is CC(C)(C)c1ccc(-c2c3ccccc3c(-c3ccc(-c4ccc(-c5ccc6c(c5)c5ccccc5n6-c5ccccc5)cc4)cc3)c3ccccc23)cc1.CC(C)(C)c1ccc(-c2ccc(-c3c4ccccc4c(-c4ccc(-c5ccc(-c6ccc7c(c6)c6ccccc6n7-c6ccccc6)cc5)cc4)c4ccccc34)cc2)cc1. The van der Waals surface area contributed by atoms with Crippen LogP contribution in [0.5, 0.6) is 0 Å². The highest BCUT2D eigenvalue weighted by molar-refractivity contribution is 6.23. The van der Waals surface area contributed by atoms with E-state index in [0.717, 1.165) is 0 Å². The van der Waals surface area contributed by atoms with Gasteiger partial charge in [0.05, 0.1) is 22.1 Å². The van der Waals surface area contributed by atoms with Crippen molar-refractivity contribution >= 4 is 86.7 Å². The minimum absolute atomic E-state index is 0.113. The Morgan fingerprint density at radius 1 is 0.147 bits per heavy atom. The van der Waals surface area contributed by atoms with Crippen molar-refractivity contribution in [2.75, 3.05) is 0 Å². The van der Waals surface area contributed by atoms with Gasteiger partial charge < -0.3 is 9.13 Å². The molecule has 0 spiro atoms. The van der Waals surface area contributed by atoms with Crippen LogP contribution in [0.3, 0.4) is 0 Å². The fourth-order valence-electron chi connectivity index (χ4n) is 18.0. The van der Waals surface area contributed by atoms with Gasteiger partial charge in [0.1, 0.15) is 0 Å². The fraction of sp³-hybridized carbons (Fsp3) is 0.0702. The number of hydrogen-bond donors (Lipinski definition) is 0. The zero-order chi connectivity index (χ0) is 78.2. The van der Waals surface area contributed by atoms with Gasteiger partial charge in [-0.3, -0.25) is 0 Å². The van der Waals surface area contributed by atoms with Crippen LogP contribution >= 0.6 is 0 Å². The van der Waals surface area contributed by atoms with Gasteiger partial charge in [0.25, 0.3) is 0 Å². The fourth-order valence-corrected chi connectivity index (χ4v) is 18.0. The summed E-state index contributed by atoms with van der Waals surface area (Å²) in [5.74, 6) is 0. The summed E-state index contributed by atoms with van der Waals surface area (Å²) in [7, 11) is 0. The monoisotopic (exact) mass is 1480 g/mol. The lowest BCUT2D eigenvalue weighted by Gasteiger charge is -2.21. The van der Waals surface area contributed by atoms with E-state index < -0.39 is 0 Å². The van der Waals surface area contributed by atoms with Crippen LogP contribution < -0.4 is 0 Å². The molecule has 0 aliphatic carbocycles. The molecule has 0 aliphatic rings. The summed E-state index contributed by atoms with van der Waals surface area (Å²) in [6, 6.07) is 152. The summed E-state index contributed by atoms with van der Waals surface area (Å²) < 4.78 is 4.74.